The first-order valence-electron chi connectivity index (χ1n) is 9.99. The molecular weight excluding hydrogens is 430 g/mol. The van der Waals surface area contributed by atoms with Crippen LogP contribution in [0.1, 0.15) is 5.56 Å². The summed E-state index contributed by atoms with van der Waals surface area (Å²) in [6.45, 7) is 0.720. The topological polar surface area (TPSA) is 111 Å². The molecule has 1 aliphatic rings. The van der Waals surface area contributed by atoms with E-state index in [1.807, 2.05) is 36.4 Å². The molecule has 4 aromatic rings. The molecule has 10 heteroatoms. The first kappa shape index (κ1) is 20.1. The number of hydrogen-bond donors (Lipinski definition) is 2. The van der Waals surface area contributed by atoms with E-state index in [9.17, 15) is 9.59 Å². The van der Waals surface area contributed by atoms with E-state index < -0.39 is 0 Å². The van der Waals surface area contributed by atoms with Crippen LogP contribution in [-0.2, 0) is 11.2 Å². The number of ether oxygens (including phenoxy) is 2. The summed E-state index contributed by atoms with van der Waals surface area (Å²) in [5.41, 5.74) is 2.01. The Balaban J connectivity index is 1.31. The molecule has 1 aliphatic heterocycles. The Morgan fingerprint density at radius 1 is 1.09 bits per heavy atom. The quantitative estimate of drug-likeness (QED) is 0.417. The number of rotatable bonds is 7. The number of nitrogens with zero attached hydrogens (tertiary/aromatic N) is 3. The van der Waals surface area contributed by atoms with Gasteiger partial charge in [-0.2, -0.15) is 0 Å². The lowest BCUT2D eigenvalue weighted by molar-refractivity contribution is -0.118. The van der Waals surface area contributed by atoms with Crippen LogP contribution in [0.15, 0.2) is 64.5 Å². The summed E-state index contributed by atoms with van der Waals surface area (Å²) in [7, 11) is 0. The van der Waals surface area contributed by atoms with Gasteiger partial charge in [0.05, 0.1) is 5.75 Å². The SMILES string of the molecule is O=C(CSc1nc(-c2ccc3c(c2)OCO3)nc2cc(=O)[nH]n12)NCCc1ccccc1. The maximum Gasteiger partial charge on any atom is 0.266 e. The van der Waals surface area contributed by atoms with Gasteiger partial charge in [0.15, 0.2) is 28.1 Å². The van der Waals surface area contributed by atoms with Crippen molar-refractivity contribution in [3.05, 3.63) is 70.5 Å². The summed E-state index contributed by atoms with van der Waals surface area (Å²) in [6.07, 6.45) is 0.758. The van der Waals surface area contributed by atoms with Gasteiger partial charge in [-0.1, -0.05) is 42.1 Å². The summed E-state index contributed by atoms with van der Waals surface area (Å²) in [6, 6.07) is 16.8. The molecular formula is C22H19N5O4S. The summed E-state index contributed by atoms with van der Waals surface area (Å²) < 4.78 is 12.3. The number of amides is 1. The third-order valence-electron chi connectivity index (χ3n) is 4.87. The van der Waals surface area contributed by atoms with Crippen molar-refractivity contribution in [3.8, 4) is 22.9 Å². The molecule has 2 N–H and O–H groups in total. The number of carbonyl (C=O) groups excluding carboxylic acids is 1. The third-order valence-corrected chi connectivity index (χ3v) is 5.80. The fraction of sp³-hybridized carbons (Fsp3) is 0.182. The minimum Gasteiger partial charge on any atom is -0.454 e. The number of aromatic nitrogens is 4. The van der Waals surface area contributed by atoms with E-state index in [0.717, 1.165) is 17.5 Å². The molecule has 0 aliphatic carbocycles. The Morgan fingerprint density at radius 3 is 2.81 bits per heavy atom. The standard InChI is InChI=1S/C22H19N5O4S/c28-19-11-18-24-21(15-6-7-16-17(10-15)31-13-30-16)25-22(27(18)26-19)32-12-20(29)23-9-8-14-4-2-1-3-5-14/h1-7,10-11H,8-9,12-13H2,(H,23,29)(H,26,28). The molecule has 0 saturated carbocycles. The van der Waals surface area contributed by atoms with Gasteiger partial charge in [0.1, 0.15) is 0 Å². The van der Waals surface area contributed by atoms with Gasteiger partial charge < -0.3 is 14.8 Å². The molecule has 0 unspecified atom stereocenters. The van der Waals surface area contributed by atoms with Gasteiger partial charge >= 0.3 is 0 Å². The van der Waals surface area contributed by atoms with E-state index >= 15 is 0 Å². The molecule has 2 aromatic heterocycles. The average Bonchev–Trinajstić information content (AvgIpc) is 3.43. The molecule has 0 fully saturated rings. The molecule has 1 amide bonds. The molecule has 0 spiro atoms. The molecule has 0 radical (unpaired) electrons. The van der Waals surface area contributed by atoms with E-state index in [2.05, 4.69) is 20.4 Å². The summed E-state index contributed by atoms with van der Waals surface area (Å²) >= 11 is 1.23. The number of aromatic amines is 1. The van der Waals surface area contributed by atoms with Gasteiger partial charge in [0.2, 0.25) is 12.7 Å². The number of benzene rings is 2. The highest BCUT2D eigenvalue weighted by Gasteiger charge is 2.17. The van der Waals surface area contributed by atoms with Crippen LogP contribution in [0.5, 0.6) is 11.5 Å². The van der Waals surface area contributed by atoms with Gasteiger partial charge in [0, 0.05) is 18.2 Å². The van der Waals surface area contributed by atoms with Crippen LogP contribution in [0.2, 0.25) is 0 Å². The van der Waals surface area contributed by atoms with E-state index in [1.54, 1.807) is 12.1 Å². The van der Waals surface area contributed by atoms with Crippen molar-refractivity contribution in [3.63, 3.8) is 0 Å². The summed E-state index contributed by atoms with van der Waals surface area (Å²) in [5.74, 6) is 1.74. The first-order chi connectivity index (χ1) is 15.7. The number of hydrogen-bond acceptors (Lipinski definition) is 7. The van der Waals surface area contributed by atoms with Gasteiger partial charge in [-0.15, -0.1) is 0 Å². The third kappa shape index (κ3) is 4.30. The summed E-state index contributed by atoms with van der Waals surface area (Å²) in [5, 5.41) is 6.05. The number of carbonyl (C=O) groups is 1. The molecule has 32 heavy (non-hydrogen) atoms. The molecule has 3 heterocycles. The van der Waals surface area contributed by atoms with Crippen molar-refractivity contribution in [1.82, 2.24) is 24.9 Å². The zero-order valence-electron chi connectivity index (χ0n) is 16.9. The van der Waals surface area contributed by atoms with Crippen molar-refractivity contribution in [2.24, 2.45) is 0 Å². The predicted octanol–water partition coefficient (Wildman–Crippen LogP) is 2.26. The second-order valence-electron chi connectivity index (χ2n) is 7.09. The lowest BCUT2D eigenvalue weighted by atomic mass is 10.1. The average molecular weight is 449 g/mol. The Bertz CT molecular complexity index is 1340. The number of H-pyrrole nitrogens is 1. The number of nitrogens with one attached hydrogen (secondary N) is 2. The molecule has 9 nitrogen and oxygen atoms in total. The van der Waals surface area contributed by atoms with Crippen molar-refractivity contribution in [2.75, 3.05) is 19.1 Å². The molecule has 0 saturated heterocycles. The normalized spacial score (nSPS) is 12.2. The largest absolute Gasteiger partial charge is 0.454 e. The minimum atomic E-state index is -0.295. The molecule has 162 valence electrons. The monoisotopic (exact) mass is 449 g/mol. The van der Waals surface area contributed by atoms with Gasteiger partial charge in [-0.05, 0) is 30.2 Å². The lowest BCUT2D eigenvalue weighted by Gasteiger charge is -2.08. The summed E-state index contributed by atoms with van der Waals surface area (Å²) in [4.78, 5) is 33.3. The van der Waals surface area contributed by atoms with Crippen LogP contribution >= 0.6 is 11.8 Å². The van der Waals surface area contributed by atoms with Crippen molar-refractivity contribution in [1.29, 1.82) is 0 Å². The number of fused-ring (bicyclic) bond motifs is 2. The van der Waals surface area contributed by atoms with Crippen LogP contribution in [0.4, 0.5) is 0 Å². The zero-order chi connectivity index (χ0) is 21.9. The van der Waals surface area contributed by atoms with E-state index in [1.165, 1.54) is 22.3 Å². The Morgan fingerprint density at radius 2 is 1.94 bits per heavy atom. The lowest BCUT2D eigenvalue weighted by Crippen LogP contribution is -2.27. The second kappa shape index (κ2) is 8.75. The van der Waals surface area contributed by atoms with E-state index in [0.29, 0.717) is 34.7 Å². The highest BCUT2D eigenvalue weighted by molar-refractivity contribution is 7.99. The second-order valence-corrected chi connectivity index (χ2v) is 8.03. The van der Waals surface area contributed by atoms with Crippen LogP contribution in [-0.4, -0.2) is 44.6 Å². The van der Waals surface area contributed by atoms with E-state index in [4.69, 9.17) is 9.47 Å². The van der Waals surface area contributed by atoms with Crippen molar-refractivity contribution >= 4 is 23.3 Å². The fourth-order valence-corrected chi connectivity index (χ4v) is 4.10. The highest BCUT2D eigenvalue weighted by Crippen LogP contribution is 2.35. The molecule has 5 rings (SSSR count). The molecule has 2 aromatic carbocycles. The van der Waals surface area contributed by atoms with Crippen LogP contribution < -0.4 is 20.3 Å². The number of thioether (sulfide) groups is 1. The maximum atomic E-state index is 12.3. The van der Waals surface area contributed by atoms with Gasteiger partial charge in [-0.25, -0.2) is 14.5 Å². The van der Waals surface area contributed by atoms with Crippen molar-refractivity contribution in [2.45, 2.75) is 11.6 Å². The van der Waals surface area contributed by atoms with Gasteiger partial charge in [0.25, 0.3) is 5.56 Å². The molecule has 0 bridgehead atoms. The maximum absolute atomic E-state index is 12.3. The smallest absolute Gasteiger partial charge is 0.266 e. The Hall–Kier alpha value is -3.79. The predicted molar refractivity (Wildman–Crippen MR) is 119 cm³/mol. The zero-order valence-corrected chi connectivity index (χ0v) is 17.7. The van der Waals surface area contributed by atoms with Crippen LogP contribution in [0.3, 0.4) is 0 Å². The molecule has 0 atom stereocenters. The van der Waals surface area contributed by atoms with Gasteiger partial charge in [-0.3, -0.25) is 14.7 Å². The van der Waals surface area contributed by atoms with Crippen molar-refractivity contribution < 1.29 is 14.3 Å². The van der Waals surface area contributed by atoms with Crippen LogP contribution in [0, 0.1) is 0 Å². The Labute approximate surface area is 186 Å². The Kier molecular flexibility index (Phi) is 5.51. The van der Waals surface area contributed by atoms with Crippen LogP contribution in [0.25, 0.3) is 17.0 Å². The minimum absolute atomic E-state index is 0.114. The van der Waals surface area contributed by atoms with E-state index in [-0.39, 0.29) is 24.0 Å². The fourth-order valence-electron chi connectivity index (χ4n) is 3.32. The first-order valence-corrected chi connectivity index (χ1v) is 11.0. The highest BCUT2D eigenvalue weighted by atomic mass is 32.2.